The number of ether oxygens (including phenoxy) is 1. The zero-order valence-corrected chi connectivity index (χ0v) is 18.5. The molecule has 8 nitrogen and oxygen atoms in total. The Labute approximate surface area is 187 Å². The predicted octanol–water partition coefficient (Wildman–Crippen LogP) is 3.97. The Morgan fingerprint density at radius 2 is 1.97 bits per heavy atom. The largest absolute Gasteiger partial charge is 0.481 e. The van der Waals surface area contributed by atoms with Crippen LogP contribution in [0.5, 0.6) is 0 Å². The van der Waals surface area contributed by atoms with Crippen molar-refractivity contribution in [2.75, 3.05) is 24.3 Å². The number of carboxylic acids is 1. The third-order valence-electron chi connectivity index (χ3n) is 6.71. The fourth-order valence-electron chi connectivity index (χ4n) is 4.52. The molecule has 0 saturated carbocycles. The van der Waals surface area contributed by atoms with Crippen LogP contribution in [0.2, 0.25) is 0 Å². The smallest absolute Gasteiger partial charge is 0.314 e. The van der Waals surface area contributed by atoms with Crippen molar-refractivity contribution in [3.63, 3.8) is 0 Å². The van der Waals surface area contributed by atoms with E-state index in [0.717, 1.165) is 36.0 Å². The number of nitrogens with zero attached hydrogens (tertiary/aromatic N) is 1. The number of imidazole rings is 1. The first-order chi connectivity index (χ1) is 15.2. The molecule has 4 rings (SSSR count). The van der Waals surface area contributed by atoms with Gasteiger partial charge in [-0.15, -0.1) is 0 Å². The highest BCUT2D eigenvalue weighted by Crippen LogP contribution is 2.43. The highest BCUT2D eigenvalue weighted by atomic mass is 16.5. The SMILES string of the molecule is CC1(C)CC=C(c2cc(C3(C(=O)O)CCOCC3)ccc2NC(=O)c2nc(N)c[nH]2)CC1. The first-order valence-corrected chi connectivity index (χ1v) is 11.0. The van der Waals surface area contributed by atoms with Gasteiger partial charge >= 0.3 is 5.97 Å². The van der Waals surface area contributed by atoms with Gasteiger partial charge in [-0.2, -0.15) is 0 Å². The molecule has 32 heavy (non-hydrogen) atoms. The number of amides is 1. The number of carbonyl (C=O) groups excluding carboxylic acids is 1. The number of benzene rings is 1. The van der Waals surface area contributed by atoms with Gasteiger partial charge in [-0.1, -0.05) is 26.0 Å². The Balaban J connectivity index is 1.75. The maximum Gasteiger partial charge on any atom is 0.314 e. The van der Waals surface area contributed by atoms with E-state index in [0.29, 0.717) is 31.7 Å². The number of aromatic nitrogens is 2. The second kappa shape index (κ2) is 8.43. The molecule has 1 fully saturated rings. The molecule has 0 radical (unpaired) electrons. The molecule has 2 heterocycles. The molecule has 0 spiro atoms. The zero-order chi connectivity index (χ0) is 22.9. The highest BCUT2D eigenvalue weighted by Gasteiger charge is 2.42. The summed E-state index contributed by atoms with van der Waals surface area (Å²) < 4.78 is 5.44. The first kappa shape index (κ1) is 22.1. The molecule has 1 amide bonds. The molecule has 1 aromatic carbocycles. The molecule has 0 atom stereocenters. The van der Waals surface area contributed by atoms with E-state index in [1.54, 1.807) is 6.07 Å². The fourth-order valence-corrected chi connectivity index (χ4v) is 4.52. The van der Waals surface area contributed by atoms with Gasteiger partial charge in [-0.05, 0) is 60.8 Å². The van der Waals surface area contributed by atoms with Crippen molar-refractivity contribution in [1.29, 1.82) is 0 Å². The molecule has 2 aromatic rings. The number of nitrogens with two attached hydrogens (primary N) is 1. The summed E-state index contributed by atoms with van der Waals surface area (Å²) in [6.45, 7) is 5.30. The van der Waals surface area contributed by atoms with Gasteiger partial charge in [0.1, 0.15) is 5.82 Å². The normalized spacial score (nSPS) is 19.8. The van der Waals surface area contributed by atoms with Crippen LogP contribution in [0.15, 0.2) is 30.5 Å². The van der Waals surface area contributed by atoms with E-state index >= 15 is 0 Å². The predicted molar refractivity (Wildman–Crippen MR) is 122 cm³/mol. The second-order valence-electron chi connectivity index (χ2n) is 9.49. The Kier molecular flexibility index (Phi) is 5.81. The summed E-state index contributed by atoms with van der Waals surface area (Å²) in [6.07, 6.45) is 7.31. The molecule has 1 aliphatic heterocycles. The number of anilines is 2. The van der Waals surface area contributed by atoms with Crippen LogP contribution in [-0.4, -0.2) is 40.2 Å². The fraction of sp³-hybridized carbons (Fsp3) is 0.458. The summed E-state index contributed by atoms with van der Waals surface area (Å²) in [5.41, 5.74) is 8.22. The molecule has 5 N–H and O–H groups in total. The van der Waals surface area contributed by atoms with Gasteiger partial charge in [0, 0.05) is 30.7 Å². The van der Waals surface area contributed by atoms with Gasteiger partial charge in [-0.3, -0.25) is 9.59 Å². The average Bonchev–Trinajstić information content (AvgIpc) is 3.21. The third kappa shape index (κ3) is 4.27. The van der Waals surface area contributed by atoms with Crippen LogP contribution >= 0.6 is 0 Å². The number of allylic oxidation sites excluding steroid dienone is 2. The van der Waals surface area contributed by atoms with Crippen LogP contribution in [0, 0.1) is 5.41 Å². The number of H-pyrrole nitrogens is 1. The van der Waals surface area contributed by atoms with Crippen LogP contribution < -0.4 is 11.1 Å². The summed E-state index contributed by atoms with van der Waals surface area (Å²) in [4.78, 5) is 31.8. The molecule has 8 heteroatoms. The lowest BCUT2D eigenvalue weighted by molar-refractivity contribution is -0.147. The van der Waals surface area contributed by atoms with Crippen molar-refractivity contribution in [3.05, 3.63) is 47.4 Å². The van der Waals surface area contributed by atoms with E-state index in [9.17, 15) is 14.7 Å². The van der Waals surface area contributed by atoms with E-state index in [1.807, 2.05) is 12.1 Å². The van der Waals surface area contributed by atoms with Crippen LogP contribution in [0.3, 0.4) is 0 Å². The Morgan fingerprint density at radius 1 is 1.22 bits per heavy atom. The lowest BCUT2D eigenvalue weighted by atomic mass is 9.72. The number of carbonyl (C=O) groups is 2. The van der Waals surface area contributed by atoms with Gasteiger partial charge in [0.05, 0.1) is 5.41 Å². The van der Waals surface area contributed by atoms with E-state index in [-0.39, 0.29) is 17.1 Å². The highest BCUT2D eigenvalue weighted by molar-refractivity contribution is 6.03. The number of carboxylic acid groups (broad SMARTS) is 1. The minimum absolute atomic E-state index is 0.128. The minimum Gasteiger partial charge on any atom is -0.481 e. The number of nitrogens with one attached hydrogen (secondary N) is 2. The van der Waals surface area contributed by atoms with E-state index in [4.69, 9.17) is 10.5 Å². The number of aromatic amines is 1. The van der Waals surface area contributed by atoms with Crippen molar-refractivity contribution in [2.24, 2.45) is 5.41 Å². The number of rotatable bonds is 5. The van der Waals surface area contributed by atoms with Crippen molar-refractivity contribution >= 4 is 29.0 Å². The Hall–Kier alpha value is -3.13. The zero-order valence-electron chi connectivity index (χ0n) is 18.5. The lowest BCUT2D eigenvalue weighted by Crippen LogP contribution is -2.41. The molecular weight excluding hydrogens is 408 g/mol. The van der Waals surface area contributed by atoms with E-state index in [1.165, 1.54) is 6.20 Å². The number of aliphatic carboxylic acids is 1. The number of hydrogen-bond donors (Lipinski definition) is 4. The summed E-state index contributed by atoms with van der Waals surface area (Å²) >= 11 is 0. The molecule has 170 valence electrons. The average molecular weight is 439 g/mol. The van der Waals surface area contributed by atoms with Gasteiger partial charge < -0.3 is 25.9 Å². The van der Waals surface area contributed by atoms with Crippen LogP contribution in [0.25, 0.3) is 5.57 Å². The molecule has 0 bridgehead atoms. The number of nitrogen functional groups attached to an aromatic ring is 1. The maximum absolute atomic E-state index is 12.7. The molecule has 0 unspecified atom stereocenters. The van der Waals surface area contributed by atoms with E-state index in [2.05, 4.69) is 35.2 Å². The minimum atomic E-state index is -0.987. The lowest BCUT2D eigenvalue weighted by Gasteiger charge is -2.35. The molecule has 1 aliphatic carbocycles. The van der Waals surface area contributed by atoms with E-state index < -0.39 is 17.3 Å². The first-order valence-electron chi connectivity index (χ1n) is 11.0. The topological polar surface area (TPSA) is 130 Å². The Morgan fingerprint density at radius 3 is 2.56 bits per heavy atom. The monoisotopic (exact) mass is 438 g/mol. The molecule has 2 aliphatic rings. The van der Waals surface area contributed by atoms with Crippen molar-refractivity contribution < 1.29 is 19.4 Å². The molecular formula is C24H30N4O4. The standard InChI is InChI=1S/C24H30N4O4/c1-23(2)7-5-15(6-8-23)17-13-16(24(22(30)31)9-11-32-12-10-24)3-4-18(17)27-21(29)20-26-14-19(25)28-20/h3-5,13-14H,6-12,25H2,1-2H3,(H,26,28)(H,27,29)(H,30,31). The van der Waals surface area contributed by atoms with Gasteiger partial charge in [0.2, 0.25) is 0 Å². The van der Waals surface area contributed by atoms with Crippen molar-refractivity contribution in [3.8, 4) is 0 Å². The van der Waals surface area contributed by atoms with Crippen LogP contribution in [0.4, 0.5) is 11.5 Å². The quantitative estimate of drug-likeness (QED) is 0.559. The third-order valence-corrected chi connectivity index (χ3v) is 6.71. The molecule has 1 saturated heterocycles. The summed E-state index contributed by atoms with van der Waals surface area (Å²) in [5, 5.41) is 13.0. The van der Waals surface area contributed by atoms with Crippen molar-refractivity contribution in [1.82, 2.24) is 9.97 Å². The number of hydrogen-bond acceptors (Lipinski definition) is 5. The van der Waals surface area contributed by atoms with Crippen LogP contribution in [0.1, 0.15) is 67.7 Å². The molecule has 1 aromatic heterocycles. The van der Waals surface area contributed by atoms with Gasteiger partial charge in [0.25, 0.3) is 5.91 Å². The summed E-state index contributed by atoms with van der Waals surface area (Å²) in [7, 11) is 0. The van der Waals surface area contributed by atoms with Gasteiger partial charge in [0.15, 0.2) is 5.82 Å². The summed E-state index contributed by atoms with van der Waals surface area (Å²) in [5.74, 6) is -0.867. The maximum atomic E-state index is 12.7. The van der Waals surface area contributed by atoms with Crippen molar-refractivity contribution in [2.45, 2.75) is 51.4 Å². The summed E-state index contributed by atoms with van der Waals surface area (Å²) in [6, 6.07) is 5.55. The Bertz CT molecular complexity index is 1060. The second-order valence-corrected chi connectivity index (χ2v) is 9.49. The van der Waals surface area contributed by atoms with Crippen LogP contribution in [-0.2, 0) is 14.9 Å². The van der Waals surface area contributed by atoms with Gasteiger partial charge in [-0.25, -0.2) is 4.98 Å².